The van der Waals surface area contributed by atoms with Crippen LogP contribution in [0.1, 0.15) is 25.8 Å². The monoisotopic (exact) mass is 345 g/mol. The molecule has 24 heavy (non-hydrogen) atoms. The van der Waals surface area contributed by atoms with Gasteiger partial charge in [-0.25, -0.2) is 0 Å². The standard InChI is InChI=1S/C17H26F3N3O/c1-13(2)12-24-15-6-4-14(5-7-15)8-10-22-16(21-3)23-11-9-17(18,19)20/h4-7,13H,8-12H2,1-3H3,(H2,21,22,23). The second-order valence-electron chi connectivity index (χ2n) is 5.89. The van der Waals surface area contributed by atoms with Crippen molar-refractivity contribution in [3.8, 4) is 5.75 Å². The van der Waals surface area contributed by atoms with Crippen molar-refractivity contribution in [2.45, 2.75) is 32.9 Å². The van der Waals surface area contributed by atoms with E-state index in [9.17, 15) is 13.2 Å². The number of ether oxygens (including phenoxy) is 1. The first-order valence-corrected chi connectivity index (χ1v) is 8.03. The van der Waals surface area contributed by atoms with Crippen LogP contribution in [0.15, 0.2) is 29.3 Å². The molecule has 7 heteroatoms. The van der Waals surface area contributed by atoms with E-state index in [2.05, 4.69) is 29.5 Å². The van der Waals surface area contributed by atoms with Crippen molar-refractivity contribution in [3.05, 3.63) is 29.8 Å². The molecule has 0 radical (unpaired) electrons. The Bertz CT molecular complexity index is 499. The van der Waals surface area contributed by atoms with Crippen LogP contribution in [0.5, 0.6) is 5.75 Å². The lowest BCUT2D eigenvalue weighted by atomic mass is 10.1. The smallest absolute Gasteiger partial charge is 0.390 e. The Morgan fingerprint density at radius 3 is 2.29 bits per heavy atom. The molecule has 4 nitrogen and oxygen atoms in total. The fourth-order valence-electron chi connectivity index (χ4n) is 1.88. The molecule has 136 valence electrons. The molecular formula is C17H26F3N3O. The lowest BCUT2D eigenvalue weighted by molar-refractivity contribution is -0.132. The van der Waals surface area contributed by atoms with Crippen LogP contribution in [0.25, 0.3) is 0 Å². The van der Waals surface area contributed by atoms with E-state index >= 15 is 0 Å². The third kappa shape index (κ3) is 9.27. The molecule has 0 heterocycles. The summed E-state index contributed by atoms with van der Waals surface area (Å²) in [4.78, 5) is 3.90. The van der Waals surface area contributed by atoms with E-state index in [0.29, 0.717) is 25.0 Å². The summed E-state index contributed by atoms with van der Waals surface area (Å²) in [5.74, 6) is 1.69. The molecule has 0 spiro atoms. The molecule has 0 saturated carbocycles. The summed E-state index contributed by atoms with van der Waals surface area (Å²) < 4.78 is 41.9. The summed E-state index contributed by atoms with van der Waals surface area (Å²) >= 11 is 0. The number of halogens is 3. The fourth-order valence-corrected chi connectivity index (χ4v) is 1.88. The van der Waals surface area contributed by atoms with Crippen LogP contribution in [0, 0.1) is 5.92 Å². The van der Waals surface area contributed by atoms with Crippen LogP contribution in [-0.4, -0.2) is 38.9 Å². The molecule has 0 amide bonds. The molecule has 0 aliphatic carbocycles. The minimum absolute atomic E-state index is 0.189. The number of guanidine groups is 1. The van der Waals surface area contributed by atoms with Crippen LogP contribution in [-0.2, 0) is 6.42 Å². The highest BCUT2D eigenvalue weighted by molar-refractivity contribution is 5.79. The largest absolute Gasteiger partial charge is 0.493 e. The average molecular weight is 345 g/mol. The zero-order chi connectivity index (χ0) is 18.0. The Morgan fingerprint density at radius 2 is 1.75 bits per heavy atom. The number of benzene rings is 1. The molecule has 0 aliphatic heterocycles. The highest BCUT2D eigenvalue weighted by Gasteiger charge is 2.26. The van der Waals surface area contributed by atoms with E-state index in [4.69, 9.17) is 4.74 Å². The van der Waals surface area contributed by atoms with Crippen LogP contribution in [0.3, 0.4) is 0 Å². The Labute approximate surface area is 141 Å². The molecule has 1 rings (SSSR count). The predicted molar refractivity (Wildman–Crippen MR) is 90.5 cm³/mol. The van der Waals surface area contributed by atoms with Crippen molar-refractivity contribution >= 4 is 5.96 Å². The van der Waals surface area contributed by atoms with Crippen molar-refractivity contribution in [2.75, 3.05) is 26.7 Å². The first-order chi connectivity index (χ1) is 11.3. The summed E-state index contributed by atoms with van der Waals surface area (Å²) in [6.07, 6.45) is -4.30. The molecule has 1 aromatic carbocycles. The molecule has 0 aromatic heterocycles. The van der Waals surface area contributed by atoms with Crippen molar-refractivity contribution in [2.24, 2.45) is 10.9 Å². The summed E-state index contributed by atoms with van der Waals surface area (Å²) in [5.41, 5.74) is 1.12. The number of nitrogens with zero attached hydrogens (tertiary/aromatic N) is 1. The van der Waals surface area contributed by atoms with Crippen molar-refractivity contribution in [3.63, 3.8) is 0 Å². The maximum absolute atomic E-state index is 12.1. The van der Waals surface area contributed by atoms with Gasteiger partial charge >= 0.3 is 6.18 Å². The van der Waals surface area contributed by atoms with E-state index in [1.54, 1.807) is 0 Å². The van der Waals surface area contributed by atoms with Crippen LogP contribution in [0.4, 0.5) is 13.2 Å². The third-order valence-corrected chi connectivity index (χ3v) is 3.14. The van der Waals surface area contributed by atoms with Crippen LogP contribution < -0.4 is 15.4 Å². The van der Waals surface area contributed by atoms with Gasteiger partial charge in [-0.2, -0.15) is 13.2 Å². The number of hydrogen-bond acceptors (Lipinski definition) is 2. The number of rotatable bonds is 8. The summed E-state index contributed by atoms with van der Waals surface area (Å²) in [6.45, 7) is 5.26. The topological polar surface area (TPSA) is 45.7 Å². The number of nitrogens with one attached hydrogen (secondary N) is 2. The Kier molecular flexibility index (Phi) is 8.43. The Morgan fingerprint density at radius 1 is 1.12 bits per heavy atom. The fraction of sp³-hybridized carbons (Fsp3) is 0.588. The second kappa shape index (κ2) is 10.1. The summed E-state index contributed by atoms with van der Waals surface area (Å²) in [6, 6.07) is 7.82. The Hall–Kier alpha value is -1.92. The first kappa shape index (κ1) is 20.1. The second-order valence-corrected chi connectivity index (χ2v) is 5.89. The molecule has 0 aliphatic rings. The highest BCUT2D eigenvalue weighted by atomic mass is 19.4. The van der Waals surface area contributed by atoms with E-state index in [1.165, 1.54) is 7.05 Å². The number of alkyl halides is 3. The van der Waals surface area contributed by atoms with Gasteiger partial charge in [0.25, 0.3) is 0 Å². The third-order valence-electron chi connectivity index (χ3n) is 3.14. The Balaban J connectivity index is 2.30. The molecule has 0 bridgehead atoms. The normalized spacial score (nSPS) is 12.4. The zero-order valence-corrected chi connectivity index (χ0v) is 14.4. The van der Waals surface area contributed by atoms with Gasteiger partial charge in [0, 0.05) is 20.1 Å². The zero-order valence-electron chi connectivity index (χ0n) is 14.4. The minimum atomic E-state index is -4.16. The quantitative estimate of drug-likeness (QED) is 0.561. The van der Waals surface area contributed by atoms with Gasteiger partial charge in [0.05, 0.1) is 13.0 Å². The lowest BCUT2D eigenvalue weighted by Gasteiger charge is -2.13. The highest BCUT2D eigenvalue weighted by Crippen LogP contribution is 2.18. The average Bonchev–Trinajstić information content (AvgIpc) is 2.51. The summed E-state index contributed by atoms with van der Waals surface area (Å²) in [7, 11) is 1.53. The minimum Gasteiger partial charge on any atom is -0.493 e. The van der Waals surface area contributed by atoms with Gasteiger partial charge in [0.1, 0.15) is 5.75 Å². The van der Waals surface area contributed by atoms with E-state index < -0.39 is 12.6 Å². The number of aliphatic imine (C=N–C) groups is 1. The molecule has 0 atom stereocenters. The maximum Gasteiger partial charge on any atom is 0.390 e. The van der Waals surface area contributed by atoms with E-state index in [-0.39, 0.29) is 6.54 Å². The van der Waals surface area contributed by atoms with Gasteiger partial charge < -0.3 is 15.4 Å². The molecule has 0 fully saturated rings. The molecular weight excluding hydrogens is 319 g/mol. The van der Waals surface area contributed by atoms with Gasteiger partial charge in [-0.15, -0.1) is 0 Å². The molecule has 0 unspecified atom stereocenters. The van der Waals surface area contributed by atoms with Crippen molar-refractivity contribution < 1.29 is 17.9 Å². The van der Waals surface area contributed by atoms with Gasteiger partial charge in [0.2, 0.25) is 0 Å². The molecule has 2 N–H and O–H groups in total. The van der Waals surface area contributed by atoms with Crippen molar-refractivity contribution in [1.29, 1.82) is 0 Å². The van der Waals surface area contributed by atoms with Gasteiger partial charge in [-0.1, -0.05) is 26.0 Å². The van der Waals surface area contributed by atoms with Gasteiger partial charge in [-0.3, -0.25) is 4.99 Å². The maximum atomic E-state index is 12.1. The van der Waals surface area contributed by atoms with Gasteiger partial charge in [-0.05, 0) is 30.0 Å². The number of hydrogen-bond donors (Lipinski definition) is 2. The van der Waals surface area contributed by atoms with E-state index in [0.717, 1.165) is 17.7 Å². The first-order valence-electron chi connectivity index (χ1n) is 8.03. The summed E-state index contributed by atoms with van der Waals surface area (Å²) in [5, 5.41) is 5.65. The van der Waals surface area contributed by atoms with Gasteiger partial charge in [0.15, 0.2) is 5.96 Å². The van der Waals surface area contributed by atoms with E-state index in [1.807, 2.05) is 24.3 Å². The lowest BCUT2D eigenvalue weighted by Crippen LogP contribution is -2.39. The molecule has 1 aromatic rings. The van der Waals surface area contributed by atoms with Crippen LogP contribution >= 0.6 is 0 Å². The van der Waals surface area contributed by atoms with Crippen LogP contribution in [0.2, 0.25) is 0 Å². The molecule has 0 saturated heterocycles. The van der Waals surface area contributed by atoms with Crippen molar-refractivity contribution in [1.82, 2.24) is 10.6 Å². The predicted octanol–water partition coefficient (Wildman–Crippen LogP) is 3.38. The SMILES string of the molecule is CN=C(NCCc1ccc(OCC(C)C)cc1)NCCC(F)(F)F.